The zero-order valence-electron chi connectivity index (χ0n) is 12.9. The van der Waals surface area contributed by atoms with Gasteiger partial charge in [0.15, 0.2) is 0 Å². The fourth-order valence-corrected chi connectivity index (χ4v) is 2.61. The van der Waals surface area contributed by atoms with Crippen LogP contribution in [-0.4, -0.2) is 25.3 Å². The second-order valence-corrected chi connectivity index (χ2v) is 6.58. The molecule has 2 nitrogen and oxygen atoms in total. The van der Waals surface area contributed by atoms with E-state index in [1.165, 1.54) is 38.5 Å². The standard InChI is InChI=1S/C16H33NO/c1-13(2)5-8-15(4)17-11-12-18-16-9-6-14(3)7-10-16/h13-17H,5-12H2,1-4H3. The third-order valence-electron chi connectivity index (χ3n) is 4.09. The van der Waals surface area contributed by atoms with Crippen LogP contribution in [0, 0.1) is 11.8 Å². The van der Waals surface area contributed by atoms with Crippen LogP contribution >= 0.6 is 0 Å². The molecule has 0 radical (unpaired) electrons. The molecule has 2 heteroatoms. The van der Waals surface area contributed by atoms with Gasteiger partial charge >= 0.3 is 0 Å². The summed E-state index contributed by atoms with van der Waals surface area (Å²) in [5, 5.41) is 3.56. The smallest absolute Gasteiger partial charge is 0.0594 e. The van der Waals surface area contributed by atoms with Gasteiger partial charge in [0.25, 0.3) is 0 Å². The third-order valence-corrected chi connectivity index (χ3v) is 4.09. The van der Waals surface area contributed by atoms with Gasteiger partial charge in [0.05, 0.1) is 12.7 Å². The Labute approximate surface area is 114 Å². The van der Waals surface area contributed by atoms with Crippen molar-refractivity contribution in [3.8, 4) is 0 Å². The molecular weight excluding hydrogens is 222 g/mol. The van der Waals surface area contributed by atoms with E-state index in [1.807, 2.05) is 0 Å². The second kappa shape index (κ2) is 8.92. The lowest BCUT2D eigenvalue weighted by atomic mass is 9.89. The van der Waals surface area contributed by atoms with Crippen LogP contribution in [0.15, 0.2) is 0 Å². The van der Waals surface area contributed by atoms with Gasteiger partial charge in [0, 0.05) is 12.6 Å². The lowest BCUT2D eigenvalue weighted by Gasteiger charge is -2.26. The normalized spacial score (nSPS) is 26.5. The van der Waals surface area contributed by atoms with Crippen LogP contribution < -0.4 is 5.32 Å². The Morgan fingerprint density at radius 2 is 1.72 bits per heavy atom. The molecule has 1 aliphatic rings. The molecule has 1 fully saturated rings. The summed E-state index contributed by atoms with van der Waals surface area (Å²) < 4.78 is 5.94. The highest BCUT2D eigenvalue weighted by Crippen LogP contribution is 2.25. The minimum Gasteiger partial charge on any atom is -0.377 e. The predicted molar refractivity (Wildman–Crippen MR) is 78.9 cm³/mol. The molecular formula is C16H33NO. The first-order valence-corrected chi connectivity index (χ1v) is 7.93. The number of hydrogen-bond donors (Lipinski definition) is 1. The maximum Gasteiger partial charge on any atom is 0.0594 e. The zero-order chi connectivity index (χ0) is 13.4. The Morgan fingerprint density at radius 3 is 2.33 bits per heavy atom. The highest BCUT2D eigenvalue weighted by atomic mass is 16.5. The summed E-state index contributed by atoms with van der Waals surface area (Å²) in [7, 11) is 0. The van der Waals surface area contributed by atoms with Gasteiger partial charge in [-0.1, -0.05) is 20.8 Å². The molecule has 18 heavy (non-hydrogen) atoms. The van der Waals surface area contributed by atoms with Crippen molar-refractivity contribution < 1.29 is 4.74 Å². The second-order valence-electron chi connectivity index (χ2n) is 6.58. The largest absolute Gasteiger partial charge is 0.377 e. The summed E-state index contributed by atoms with van der Waals surface area (Å²) in [5.74, 6) is 1.73. The quantitative estimate of drug-likeness (QED) is 0.662. The van der Waals surface area contributed by atoms with E-state index in [9.17, 15) is 0 Å². The lowest BCUT2D eigenvalue weighted by Crippen LogP contribution is -2.31. The Kier molecular flexibility index (Phi) is 7.92. The minimum absolute atomic E-state index is 0.536. The number of hydrogen-bond acceptors (Lipinski definition) is 2. The van der Waals surface area contributed by atoms with E-state index in [4.69, 9.17) is 4.74 Å². The topological polar surface area (TPSA) is 21.3 Å². The predicted octanol–water partition coefficient (Wildman–Crippen LogP) is 4.00. The first kappa shape index (κ1) is 16.0. The first-order valence-electron chi connectivity index (χ1n) is 7.93. The van der Waals surface area contributed by atoms with Gasteiger partial charge in [-0.25, -0.2) is 0 Å². The van der Waals surface area contributed by atoms with E-state index in [0.29, 0.717) is 12.1 Å². The Bertz CT molecular complexity index is 197. The Hall–Kier alpha value is -0.0800. The van der Waals surface area contributed by atoms with Crippen LogP contribution in [0.2, 0.25) is 0 Å². The van der Waals surface area contributed by atoms with E-state index in [1.54, 1.807) is 0 Å². The van der Waals surface area contributed by atoms with Crippen molar-refractivity contribution in [2.24, 2.45) is 11.8 Å². The molecule has 0 saturated heterocycles. The maximum atomic E-state index is 5.94. The van der Waals surface area contributed by atoms with Crippen molar-refractivity contribution in [2.45, 2.75) is 78.4 Å². The fourth-order valence-electron chi connectivity index (χ4n) is 2.61. The van der Waals surface area contributed by atoms with E-state index in [-0.39, 0.29) is 0 Å². The molecule has 1 N–H and O–H groups in total. The molecule has 1 atom stereocenters. The van der Waals surface area contributed by atoms with E-state index in [2.05, 4.69) is 33.0 Å². The highest BCUT2D eigenvalue weighted by molar-refractivity contribution is 4.70. The molecule has 0 aromatic rings. The molecule has 0 bridgehead atoms. The summed E-state index contributed by atoms with van der Waals surface area (Å²) in [6.07, 6.45) is 8.36. The van der Waals surface area contributed by atoms with Crippen LogP contribution in [0.5, 0.6) is 0 Å². The summed E-state index contributed by atoms with van der Waals surface area (Å²) in [4.78, 5) is 0. The van der Waals surface area contributed by atoms with Crippen molar-refractivity contribution in [2.75, 3.05) is 13.2 Å². The summed E-state index contributed by atoms with van der Waals surface area (Å²) in [6, 6.07) is 0.627. The molecule has 1 rings (SSSR count). The lowest BCUT2D eigenvalue weighted by molar-refractivity contribution is 0.0208. The van der Waals surface area contributed by atoms with E-state index < -0.39 is 0 Å². The summed E-state index contributed by atoms with van der Waals surface area (Å²) >= 11 is 0. The third kappa shape index (κ3) is 7.38. The fraction of sp³-hybridized carbons (Fsp3) is 1.00. The first-order chi connectivity index (χ1) is 8.58. The van der Waals surface area contributed by atoms with Crippen LogP contribution in [0.4, 0.5) is 0 Å². The summed E-state index contributed by atoms with van der Waals surface area (Å²) in [6.45, 7) is 11.1. The van der Waals surface area contributed by atoms with Crippen molar-refractivity contribution in [3.63, 3.8) is 0 Å². The molecule has 0 aromatic heterocycles. The monoisotopic (exact) mass is 255 g/mol. The van der Waals surface area contributed by atoms with Crippen molar-refractivity contribution in [1.29, 1.82) is 0 Å². The molecule has 1 aliphatic carbocycles. The van der Waals surface area contributed by atoms with Gasteiger partial charge in [-0.2, -0.15) is 0 Å². The van der Waals surface area contributed by atoms with Crippen molar-refractivity contribution in [1.82, 2.24) is 5.32 Å². The Balaban J connectivity index is 1.94. The van der Waals surface area contributed by atoms with Crippen LogP contribution in [0.25, 0.3) is 0 Å². The average Bonchev–Trinajstić information content (AvgIpc) is 2.34. The van der Waals surface area contributed by atoms with Gasteiger partial charge in [0.1, 0.15) is 0 Å². The minimum atomic E-state index is 0.536. The van der Waals surface area contributed by atoms with Gasteiger partial charge in [-0.15, -0.1) is 0 Å². The summed E-state index contributed by atoms with van der Waals surface area (Å²) in [5.41, 5.74) is 0. The van der Waals surface area contributed by atoms with Gasteiger partial charge < -0.3 is 10.1 Å². The average molecular weight is 255 g/mol. The number of nitrogens with one attached hydrogen (secondary N) is 1. The van der Waals surface area contributed by atoms with Gasteiger partial charge in [-0.3, -0.25) is 0 Å². The molecule has 0 amide bonds. The Morgan fingerprint density at radius 1 is 1.06 bits per heavy atom. The van der Waals surface area contributed by atoms with Gasteiger partial charge in [0.2, 0.25) is 0 Å². The SMILES string of the molecule is CC(C)CCC(C)NCCOC1CCC(C)CC1. The highest BCUT2D eigenvalue weighted by Gasteiger charge is 2.18. The molecule has 0 aromatic carbocycles. The van der Waals surface area contributed by atoms with E-state index in [0.717, 1.165) is 25.0 Å². The molecule has 0 aliphatic heterocycles. The maximum absolute atomic E-state index is 5.94. The van der Waals surface area contributed by atoms with Crippen LogP contribution in [0.3, 0.4) is 0 Å². The molecule has 1 unspecified atom stereocenters. The number of rotatable bonds is 8. The van der Waals surface area contributed by atoms with Gasteiger partial charge in [-0.05, 0) is 57.3 Å². The molecule has 0 heterocycles. The molecule has 1 saturated carbocycles. The number of ether oxygens (including phenoxy) is 1. The van der Waals surface area contributed by atoms with Crippen molar-refractivity contribution in [3.05, 3.63) is 0 Å². The molecule has 0 spiro atoms. The molecule has 108 valence electrons. The zero-order valence-corrected chi connectivity index (χ0v) is 12.9. The van der Waals surface area contributed by atoms with Crippen LogP contribution in [0.1, 0.15) is 66.2 Å². The van der Waals surface area contributed by atoms with Crippen molar-refractivity contribution >= 4 is 0 Å². The van der Waals surface area contributed by atoms with Crippen LogP contribution in [-0.2, 0) is 4.74 Å². The van der Waals surface area contributed by atoms with E-state index >= 15 is 0 Å².